The Kier molecular flexibility index (Phi) is 5.64. The zero-order valence-corrected chi connectivity index (χ0v) is 23.0. The van der Waals surface area contributed by atoms with Crippen LogP contribution in [0, 0.1) is 12.3 Å². The number of Topliss-reactive ketones (excluding diaryl/α,β-unsaturated/α-hetero) is 3. The normalized spacial score (nSPS) is 21.9. The van der Waals surface area contributed by atoms with Crippen molar-refractivity contribution in [3.05, 3.63) is 140 Å². The van der Waals surface area contributed by atoms with Gasteiger partial charge in [0.2, 0.25) is 0 Å². The van der Waals surface area contributed by atoms with Crippen LogP contribution in [-0.4, -0.2) is 29.4 Å². The fourth-order valence-electron chi connectivity index (χ4n) is 6.92. The van der Waals surface area contributed by atoms with Gasteiger partial charge in [-0.2, -0.15) is 0 Å². The van der Waals surface area contributed by atoms with Gasteiger partial charge in [-0.25, -0.2) is 0 Å². The third-order valence-electron chi connectivity index (χ3n) is 8.59. The van der Waals surface area contributed by atoms with Crippen LogP contribution < -0.4 is 4.90 Å². The Morgan fingerprint density at radius 3 is 2.02 bits per heavy atom. The second-order valence-electron chi connectivity index (χ2n) is 10.7. The topological polar surface area (TPSA) is 54.5 Å². The molecule has 0 radical (unpaired) electrons. The molecule has 1 fully saturated rings. The molecule has 4 aromatic carbocycles. The number of carbonyl (C=O) groups excluding carboxylic acids is 3. The highest BCUT2D eigenvalue weighted by Gasteiger charge is 2.71. The number of benzene rings is 4. The Morgan fingerprint density at radius 1 is 0.800 bits per heavy atom. The third kappa shape index (κ3) is 3.36. The van der Waals surface area contributed by atoms with Crippen LogP contribution in [0.4, 0.5) is 5.69 Å². The second-order valence-corrected chi connectivity index (χ2v) is 11.6. The molecule has 0 N–H and O–H groups in total. The van der Waals surface area contributed by atoms with Gasteiger partial charge in [0.05, 0.1) is 6.04 Å². The molecule has 196 valence electrons. The Hall–Kier alpha value is -3.99. The van der Waals surface area contributed by atoms with Crippen molar-refractivity contribution in [1.82, 2.24) is 0 Å². The Morgan fingerprint density at radius 2 is 1.40 bits per heavy atom. The Bertz CT molecular complexity index is 1720. The van der Waals surface area contributed by atoms with Crippen LogP contribution in [0.2, 0.25) is 10.0 Å². The summed E-state index contributed by atoms with van der Waals surface area (Å²) in [7, 11) is 0. The number of rotatable bonds is 3. The van der Waals surface area contributed by atoms with Crippen molar-refractivity contribution in [2.45, 2.75) is 24.9 Å². The summed E-state index contributed by atoms with van der Waals surface area (Å²) < 4.78 is 0. The molecule has 0 aromatic heterocycles. The van der Waals surface area contributed by atoms with Gasteiger partial charge in [0.25, 0.3) is 0 Å². The molecule has 2 aliphatic heterocycles. The van der Waals surface area contributed by atoms with Crippen molar-refractivity contribution in [2.75, 3.05) is 4.90 Å². The number of nitrogens with zero attached hydrogens (tertiary/aromatic N) is 1. The SMILES string of the molecule is Cc1ccc2c(c1)C=C[C@@H]1N2[C@H](C(=O)c2ccc(Cl)cc2)[C@@H](c2ccc(Cl)cc2)C12C(=O)c1ccccc1C2=O. The molecule has 1 spiro atoms. The van der Waals surface area contributed by atoms with Gasteiger partial charge in [0, 0.05) is 38.3 Å². The van der Waals surface area contributed by atoms with Crippen LogP contribution in [0.5, 0.6) is 0 Å². The number of aryl methyl sites for hydroxylation is 1. The van der Waals surface area contributed by atoms with Crippen molar-refractivity contribution >= 4 is 52.3 Å². The van der Waals surface area contributed by atoms with Crippen molar-refractivity contribution in [3.8, 4) is 0 Å². The quantitative estimate of drug-likeness (QED) is 0.190. The van der Waals surface area contributed by atoms with Crippen LogP contribution in [0.3, 0.4) is 0 Å². The van der Waals surface area contributed by atoms with Gasteiger partial charge in [-0.05, 0) is 66.6 Å². The van der Waals surface area contributed by atoms with E-state index in [9.17, 15) is 14.4 Å². The van der Waals surface area contributed by atoms with E-state index in [1.54, 1.807) is 60.7 Å². The van der Waals surface area contributed by atoms with Gasteiger partial charge in [0.15, 0.2) is 17.3 Å². The minimum atomic E-state index is -1.54. The first-order chi connectivity index (χ1) is 19.3. The molecule has 4 nitrogen and oxygen atoms in total. The van der Waals surface area contributed by atoms with E-state index >= 15 is 0 Å². The molecule has 0 saturated carbocycles. The fourth-order valence-corrected chi connectivity index (χ4v) is 7.18. The molecule has 40 heavy (non-hydrogen) atoms. The predicted octanol–water partition coefficient (Wildman–Crippen LogP) is 7.62. The molecule has 0 unspecified atom stereocenters. The first-order valence-electron chi connectivity index (χ1n) is 13.1. The third-order valence-corrected chi connectivity index (χ3v) is 9.09. The molecule has 1 aliphatic carbocycles. The minimum Gasteiger partial charge on any atom is -0.352 e. The zero-order chi connectivity index (χ0) is 27.8. The van der Waals surface area contributed by atoms with E-state index in [4.69, 9.17) is 23.2 Å². The van der Waals surface area contributed by atoms with E-state index in [-0.39, 0.29) is 17.3 Å². The average molecular weight is 564 g/mol. The smallest absolute Gasteiger partial charge is 0.185 e. The summed E-state index contributed by atoms with van der Waals surface area (Å²) in [5.74, 6) is -1.47. The number of halogens is 2. The molecule has 3 aliphatic rings. The fraction of sp³-hybridized carbons (Fsp3) is 0.147. The molecule has 1 saturated heterocycles. The maximum absolute atomic E-state index is 14.6. The monoisotopic (exact) mass is 563 g/mol. The van der Waals surface area contributed by atoms with E-state index < -0.39 is 23.4 Å². The standard InChI is InChI=1S/C34H23Cl2NO3/c1-19-6-16-27-22(18-19)11-17-28-34(32(39)25-4-2-3-5-26(25)33(34)40)29(20-7-12-23(35)13-8-20)30(37(27)28)31(38)21-9-14-24(36)15-10-21/h2-18,28-30H,1H3/t28-,29+,30-/m0/s1. The van der Waals surface area contributed by atoms with Gasteiger partial charge in [0.1, 0.15) is 11.5 Å². The largest absolute Gasteiger partial charge is 0.352 e. The Balaban J connectivity index is 1.54. The summed E-state index contributed by atoms with van der Waals surface area (Å²) in [4.78, 5) is 45.8. The first-order valence-corrected chi connectivity index (χ1v) is 13.9. The molecule has 3 atom stereocenters. The van der Waals surface area contributed by atoms with Crippen molar-refractivity contribution < 1.29 is 14.4 Å². The van der Waals surface area contributed by atoms with Gasteiger partial charge in [-0.15, -0.1) is 0 Å². The highest BCUT2D eigenvalue weighted by molar-refractivity contribution is 6.33. The Labute approximate surface area is 241 Å². The lowest BCUT2D eigenvalue weighted by atomic mass is 9.64. The van der Waals surface area contributed by atoms with Crippen LogP contribution in [0.25, 0.3) is 6.08 Å². The number of fused-ring (bicyclic) bond motifs is 5. The maximum Gasteiger partial charge on any atom is 0.185 e. The number of hydrogen-bond acceptors (Lipinski definition) is 4. The van der Waals surface area contributed by atoms with Crippen LogP contribution in [0.15, 0.2) is 97.1 Å². The summed E-state index contributed by atoms with van der Waals surface area (Å²) in [6.07, 6.45) is 3.91. The van der Waals surface area contributed by atoms with Crippen LogP contribution in [0.1, 0.15) is 53.7 Å². The molecule has 0 bridgehead atoms. The molecule has 2 heterocycles. The highest BCUT2D eigenvalue weighted by atomic mass is 35.5. The van der Waals surface area contributed by atoms with Crippen LogP contribution in [-0.2, 0) is 0 Å². The molecule has 6 heteroatoms. The minimum absolute atomic E-state index is 0.183. The summed E-state index contributed by atoms with van der Waals surface area (Å²) in [6.45, 7) is 2.01. The first kappa shape index (κ1) is 25.0. The van der Waals surface area contributed by atoms with Crippen molar-refractivity contribution in [1.29, 1.82) is 0 Å². The van der Waals surface area contributed by atoms with Crippen molar-refractivity contribution in [3.63, 3.8) is 0 Å². The molecular formula is C34H23Cl2NO3. The lowest BCUT2D eigenvalue weighted by molar-refractivity contribution is 0.0666. The van der Waals surface area contributed by atoms with E-state index in [1.165, 1.54) is 0 Å². The van der Waals surface area contributed by atoms with Gasteiger partial charge in [-0.3, -0.25) is 14.4 Å². The van der Waals surface area contributed by atoms with Gasteiger partial charge >= 0.3 is 0 Å². The lowest BCUT2D eigenvalue weighted by Gasteiger charge is -2.37. The summed E-state index contributed by atoms with van der Waals surface area (Å²) in [5, 5.41) is 1.05. The van der Waals surface area contributed by atoms with Gasteiger partial charge in [-0.1, -0.05) is 83.4 Å². The maximum atomic E-state index is 14.6. The van der Waals surface area contributed by atoms with Crippen LogP contribution >= 0.6 is 23.2 Å². The van der Waals surface area contributed by atoms with E-state index in [0.717, 1.165) is 16.8 Å². The number of anilines is 1. The van der Waals surface area contributed by atoms with Gasteiger partial charge < -0.3 is 4.90 Å². The molecular weight excluding hydrogens is 541 g/mol. The molecule has 0 amide bonds. The summed E-state index contributed by atoms with van der Waals surface area (Å²) in [6, 6.07) is 25.4. The summed E-state index contributed by atoms with van der Waals surface area (Å²) in [5.41, 5.74) is 3.26. The highest BCUT2D eigenvalue weighted by Crippen LogP contribution is 2.61. The van der Waals surface area contributed by atoms with E-state index in [2.05, 4.69) is 6.07 Å². The van der Waals surface area contributed by atoms with E-state index in [1.807, 2.05) is 48.2 Å². The number of hydrogen-bond donors (Lipinski definition) is 0. The number of ketones is 3. The lowest BCUT2D eigenvalue weighted by Crippen LogP contribution is -2.48. The molecule has 7 rings (SSSR count). The predicted molar refractivity (Wildman–Crippen MR) is 158 cm³/mol. The molecule has 4 aromatic rings. The summed E-state index contributed by atoms with van der Waals surface area (Å²) >= 11 is 12.4. The van der Waals surface area contributed by atoms with Crippen molar-refractivity contribution in [2.24, 2.45) is 5.41 Å². The second kappa shape index (κ2) is 9.02. The van der Waals surface area contributed by atoms with E-state index in [0.29, 0.717) is 32.3 Å². The average Bonchev–Trinajstić information content (AvgIpc) is 3.39. The number of carbonyl (C=O) groups is 3. The zero-order valence-electron chi connectivity index (χ0n) is 21.5.